The molecule has 114 valence electrons. The summed E-state index contributed by atoms with van der Waals surface area (Å²) in [5, 5.41) is 8.18. The number of ether oxygens (including phenoxy) is 1. The minimum absolute atomic E-state index is 0.397. The first kappa shape index (κ1) is 16.0. The highest BCUT2D eigenvalue weighted by Crippen LogP contribution is 2.37. The number of hydrogen-bond donors (Lipinski definition) is 1. The van der Waals surface area contributed by atoms with E-state index in [0.29, 0.717) is 12.6 Å². The molecule has 0 bridgehead atoms. The van der Waals surface area contributed by atoms with Crippen molar-refractivity contribution in [3.05, 3.63) is 16.4 Å². The summed E-state index contributed by atoms with van der Waals surface area (Å²) < 4.78 is 8.41. The quantitative estimate of drug-likeness (QED) is 0.823. The fourth-order valence-corrected chi connectivity index (χ4v) is 3.75. The van der Waals surface area contributed by atoms with Crippen molar-refractivity contribution in [1.29, 1.82) is 0 Å². The standard InChI is InChI=1S/C15H26BrN3O/c1-3-17-14(12-7-5-4-6-8-12)15-13(16)11-18-19(15)9-10-20-2/h11-12,14,17H,3-10H2,1-2H3. The van der Waals surface area contributed by atoms with Crippen molar-refractivity contribution in [2.75, 3.05) is 20.3 Å². The third-order valence-electron chi connectivity index (χ3n) is 4.18. The van der Waals surface area contributed by atoms with Crippen LogP contribution in [0.25, 0.3) is 0 Å². The van der Waals surface area contributed by atoms with E-state index >= 15 is 0 Å². The van der Waals surface area contributed by atoms with Crippen LogP contribution in [-0.4, -0.2) is 30.0 Å². The minimum atomic E-state index is 0.397. The molecular weight excluding hydrogens is 318 g/mol. The third kappa shape index (κ3) is 3.83. The van der Waals surface area contributed by atoms with E-state index in [1.807, 2.05) is 6.20 Å². The Balaban J connectivity index is 2.20. The Bertz CT molecular complexity index is 402. The SMILES string of the molecule is CCNC(c1c(Br)cnn1CCOC)C1CCCCC1. The van der Waals surface area contributed by atoms with Crippen LogP contribution in [-0.2, 0) is 11.3 Å². The van der Waals surface area contributed by atoms with Crippen molar-refractivity contribution in [1.82, 2.24) is 15.1 Å². The first-order chi connectivity index (χ1) is 9.77. The molecule has 1 fully saturated rings. The Kier molecular flexibility index (Phi) is 6.52. The van der Waals surface area contributed by atoms with Crippen LogP contribution >= 0.6 is 15.9 Å². The van der Waals surface area contributed by atoms with Crippen molar-refractivity contribution in [2.45, 2.75) is 51.6 Å². The highest BCUT2D eigenvalue weighted by Gasteiger charge is 2.28. The van der Waals surface area contributed by atoms with Crippen LogP contribution in [0.1, 0.15) is 50.8 Å². The maximum absolute atomic E-state index is 5.20. The summed E-state index contributed by atoms with van der Waals surface area (Å²) in [6, 6.07) is 0.397. The summed E-state index contributed by atoms with van der Waals surface area (Å²) in [6.45, 7) is 4.68. The summed E-state index contributed by atoms with van der Waals surface area (Å²) in [7, 11) is 1.74. The monoisotopic (exact) mass is 343 g/mol. The topological polar surface area (TPSA) is 39.1 Å². The van der Waals surface area contributed by atoms with Gasteiger partial charge < -0.3 is 10.1 Å². The van der Waals surface area contributed by atoms with Gasteiger partial charge in [-0.25, -0.2) is 0 Å². The average molecular weight is 344 g/mol. The molecular formula is C15H26BrN3O. The number of nitrogens with zero attached hydrogens (tertiary/aromatic N) is 2. The molecule has 1 aromatic rings. The lowest BCUT2D eigenvalue weighted by atomic mass is 9.82. The van der Waals surface area contributed by atoms with E-state index in [9.17, 15) is 0 Å². The number of halogens is 1. The van der Waals surface area contributed by atoms with Gasteiger partial charge in [0.2, 0.25) is 0 Å². The molecule has 0 saturated heterocycles. The van der Waals surface area contributed by atoms with Gasteiger partial charge in [-0.2, -0.15) is 5.10 Å². The molecule has 1 aliphatic rings. The predicted octanol–water partition coefficient (Wildman–Crippen LogP) is 3.52. The predicted molar refractivity (Wildman–Crippen MR) is 84.8 cm³/mol. The van der Waals surface area contributed by atoms with E-state index < -0.39 is 0 Å². The molecule has 0 aliphatic heterocycles. The van der Waals surface area contributed by atoms with Gasteiger partial charge >= 0.3 is 0 Å². The zero-order chi connectivity index (χ0) is 14.4. The van der Waals surface area contributed by atoms with Crippen molar-refractivity contribution < 1.29 is 4.74 Å². The number of rotatable bonds is 7. The Morgan fingerprint density at radius 1 is 1.45 bits per heavy atom. The Morgan fingerprint density at radius 2 is 2.20 bits per heavy atom. The van der Waals surface area contributed by atoms with Crippen molar-refractivity contribution in [2.24, 2.45) is 5.92 Å². The Hall–Kier alpha value is -0.390. The highest BCUT2D eigenvalue weighted by atomic mass is 79.9. The fourth-order valence-electron chi connectivity index (χ4n) is 3.21. The van der Waals surface area contributed by atoms with Gasteiger partial charge in [0.05, 0.1) is 35.6 Å². The van der Waals surface area contributed by atoms with Crippen molar-refractivity contribution >= 4 is 15.9 Å². The van der Waals surface area contributed by atoms with E-state index in [2.05, 4.69) is 38.0 Å². The molecule has 1 N–H and O–H groups in total. The first-order valence-corrected chi connectivity index (χ1v) is 8.50. The third-order valence-corrected chi connectivity index (χ3v) is 4.79. The van der Waals surface area contributed by atoms with Crippen LogP contribution in [0, 0.1) is 5.92 Å². The second-order valence-electron chi connectivity index (χ2n) is 5.53. The van der Waals surface area contributed by atoms with E-state index in [4.69, 9.17) is 4.74 Å². The summed E-state index contributed by atoms with van der Waals surface area (Å²) in [6.07, 6.45) is 8.66. The molecule has 4 nitrogen and oxygen atoms in total. The molecule has 5 heteroatoms. The van der Waals surface area contributed by atoms with Crippen molar-refractivity contribution in [3.63, 3.8) is 0 Å². The molecule has 1 atom stereocenters. The Labute approximate surface area is 130 Å². The zero-order valence-electron chi connectivity index (χ0n) is 12.6. The largest absolute Gasteiger partial charge is 0.383 e. The van der Waals surface area contributed by atoms with Gasteiger partial charge in [0, 0.05) is 7.11 Å². The molecule has 1 aromatic heterocycles. The van der Waals surface area contributed by atoms with Gasteiger partial charge in [-0.15, -0.1) is 0 Å². The summed E-state index contributed by atoms with van der Waals surface area (Å²) in [5.74, 6) is 0.720. The number of nitrogens with one attached hydrogen (secondary N) is 1. The number of hydrogen-bond acceptors (Lipinski definition) is 3. The van der Waals surface area contributed by atoms with Crippen LogP contribution < -0.4 is 5.32 Å². The smallest absolute Gasteiger partial charge is 0.0699 e. The molecule has 0 spiro atoms. The molecule has 0 amide bonds. The normalized spacial score (nSPS) is 18.4. The first-order valence-electron chi connectivity index (χ1n) is 7.71. The molecule has 20 heavy (non-hydrogen) atoms. The van der Waals surface area contributed by atoms with Gasteiger partial charge in [0.25, 0.3) is 0 Å². The average Bonchev–Trinajstić information content (AvgIpc) is 2.84. The summed E-state index contributed by atoms with van der Waals surface area (Å²) in [4.78, 5) is 0. The zero-order valence-corrected chi connectivity index (χ0v) is 14.2. The lowest BCUT2D eigenvalue weighted by molar-refractivity contribution is 0.179. The summed E-state index contributed by atoms with van der Waals surface area (Å²) >= 11 is 3.68. The molecule has 0 radical (unpaired) electrons. The maximum Gasteiger partial charge on any atom is 0.0699 e. The fraction of sp³-hybridized carbons (Fsp3) is 0.800. The Morgan fingerprint density at radius 3 is 2.85 bits per heavy atom. The van der Waals surface area contributed by atoms with Gasteiger partial charge in [-0.1, -0.05) is 26.2 Å². The second kappa shape index (κ2) is 8.15. The molecule has 0 aromatic carbocycles. The van der Waals surface area contributed by atoms with Gasteiger partial charge in [0.15, 0.2) is 0 Å². The second-order valence-corrected chi connectivity index (χ2v) is 6.38. The number of methoxy groups -OCH3 is 1. The lowest BCUT2D eigenvalue weighted by Gasteiger charge is -2.31. The van der Waals surface area contributed by atoms with Crippen LogP contribution in [0.4, 0.5) is 0 Å². The van der Waals surface area contributed by atoms with Crippen LogP contribution in [0.15, 0.2) is 10.7 Å². The highest BCUT2D eigenvalue weighted by molar-refractivity contribution is 9.10. The number of aromatic nitrogens is 2. The molecule has 1 heterocycles. The van der Waals surface area contributed by atoms with Gasteiger partial charge in [-0.3, -0.25) is 4.68 Å². The molecule has 1 unspecified atom stereocenters. The van der Waals surface area contributed by atoms with E-state index in [0.717, 1.165) is 23.5 Å². The molecule has 1 saturated carbocycles. The van der Waals surface area contributed by atoms with Crippen LogP contribution in [0.3, 0.4) is 0 Å². The molecule has 1 aliphatic carbocycles. The van der Waals surface area contributed by atoms with E-state index in [1.165, 1.54) is 37.8 Å². The molecule has 2 rings (SSSR count). The van der Waals surface area contributed by atoms with Gasteiger partial charge in [0.1, 0.15) is 0 Å². The summed E-state index contributed by atoms with van der Waals surface area (Å²) in [5.41, 5.74) is 1.29. The van der Waals surface area contributed by atoms with Gasteiger partial charge in [-0.05, 0) is 41.2 Å². The van der Waals surface area contributed by atoms with E-state index in [1.54, 1.807) is 7.11 Å². The minimum Gasteiger partial charge on any atom is -0.383 e. The van der Waals surface area contributed by atoms with E-state index in [-0.39, 0.29) is 0 Å². The van der Waals surface area contributed by atoms with Crippen molar-refractivity contribution in [3.8, 4) is 0 Å². The van der Waals surface area contributed by atoms with Crippen LogP contribution in [0.5, 0.6) is 0 Å². The maximum atomic E-state index is 5.20. The lowest BCUT2D eigenvalue weighted by Crippen LogP contribution is -2.32. The van der Waals surface area contributed by atoms with Crippen LogP contribution in [0.2, 0.25) is 0 Å².